The number of nitrogens with zero attached hydrogens (tertiary/aromatic N) is 1. The van der Waals surface area contributed by atoms with Crippen LogP contribution in [0.1, 0.15) is 27.4 Å². The molecule has 144 valence electrons. The van der Waals surface area contributed by atoms with Gasteiger partial charge in [0.05, 0.1) is 11.1 Å². The monoisotopic (exact) mass is 397 g/mol. The van der Waals surface area contributed by atoms with Crippen molar-refractivity contribution in [1.29, 1.82) is 0 Å². The Kier molecular flexibility index (Phi) is 5.60. The van der Waals surface area contributed by atoms with E-state index in [1.807, 2.05) is 13.8 Å². The zero-order chi connectivity index (χ0) is 20.1. The van der Waals surface area contributed by atoms with Crippen molar-refractivity contribution in [3.8, 4) is 0 Å². The number of carbonyl (C=O) groups is 1. The molecule has 0 unspecified atom stereocenters. The van der Waals surface area contributed by atoms with Crippen LogP contribution in [-0.2, 0) is 10.0 Å². The highest BCUT2D eigenvalue weighted by Crippen LogP contribution is 2.17. The number of anilines is 1. The number of furan rings is 1. The first-order valence-electron chi connectivity index (χ1n) is 8.43. The van der Waals surface area contributed by atoms with Crippen LogP contribution in [0.5, 0.6) is 0 Å². The number of sulfonamides is 1. The molecule has 1 aromatic heterocycles. The van der Waals surface area contributed by atoms with E-state index in [0.29, 0.717) is 17.0 Å². The van der Waals surface area contributed by atoms with Gasteiger partial charge < -0.3 is 4.42 Å². The molecule has 0 aliphatic heterocycles. The first-order chi connectivity index (χ1) is 13.3. The predicted molar refractivity (Wildman–Crippen MR) is 107 cm³/mol. The van der Waals surface area contributed by atoms with Gasteiger partial charge in [-0.1, -0.05) is 17.7 Å². The van der Waals surface area contributed by atoms with Crippen LogP contribution in [0.15, 0.2) is 75.1 Å². The molecule has 7 nitrogen and oxygen atoms in total. The average Bonchev–Trinajstić information content (AvgIpc) is 3.07. The van der Waals surface area contributed by atoms with Crippen LogP contribution in [0.4, 0.5) is 5.69 Å². The molecule has 2 N–H and O–H groups in total. The summed E-state index contributed by atoms with van der Waals surface area (Å²) in [6.45, 7) is 3.69. The van der Waals surface area contributed by atoms with Crippen molar-refractivity contribution in [2.24, 2.45) is 5.10 Å². The minimum atomic E-state index is -3.69. The summed E-state index contributed by atoms with van der Waals surface area (Å²) in [6.07, 6.45) is 1.40. The summed E-state index contributed by atoms with van der Waals surface area (Å²) in [4.78, 5) is 12.3. The van der Waals surface area contributed by atoms with Crippen LogP contribution >= 0.6 is 0 Å². The van der Waals surface area contributed by atoms with Crippen molar-refractivity contribution in [3.05, 3.63) is 83.3 Å². The first-order valence-corrected chi connectivity index (χ1v) is 9.91. The smallest absolute Gasteiger partial charge is 0.271 e. The van der Waals surface area contributed by atoms with Gasteiger partial charge in [0.1, 0.15) is 11.5 Å². The summed E-state index contributed by atoms with van der Waals surface area (Å²) in [7, 11) is -3.69. The average molecular weight is 397 g/mol. The number of rotatable bonds is 6. The van der Waals surface area contributed by atoms with Crippen molar-refractivity contribution in [2.45, 2.75) is 18.7 Å². The van der Waals surface area contributed by atoms with E-state index in [1.165, 1.54) is 42.6 Å². The molecule has 28 heavy (non-hydrogen) atoms. The van der Waals surface area contributed by atoms with Crippen molar-refractivity contribution < 1.29 is 17.6 Å². The Labute approximate surface area is 163 Å². The van der Waals surface area contributed by atoms with E-state index in [4.69, 9.17) is 4.42 Å². The zero-order valence-electron chi connectivity index (χ0n) is 15.3. The van der Waals surface area contributed by atoms with Gasteiger partial charge in [-0.2, -0.15) is 5.10 Å². The Morgan fingerprint density at radius 3 is 2.25 bits per heavy atom. The lowest BCUT2D eigenvalue weighted by Gasteiger charge is -2.09. The van der Waals surface area contributed by atoms with Gasteiger partial charge in [0.2, 0.25) is 0 Å². The van der Waals surface area contributed by atoms with Crippen LogP contribution in [-0.4, -0.2) is 20.5 Å². The number of hydrazone groups is 1. The Morgan fingerprint density at radius 2 is 1.64 bits per heavy atom. The van der Waals surface area contributed by atoms with Crippen molar-refractivity contribution in [3.63, 3.8) is 0 Å². The molecule has 0 atom stereocenters. The minimum Gasteiger partial charge on any atom is -0.460 e. The molecule has 0 saturated heterocycles. The number of benzene rings is 2. The van der Waals surface area contributed by atoms with Crippen LogP contribution in [0, 0.1) is 13.8 Å². The second-order valence-electron chi connectivity index (χ2n) is 6.14. The highest BCUT2D eigenvalue weighted by atomic mass is 32.2. The third-order valence-corrected chi connectivity index (χ3v) is 5.25. The number of carbonyl (C=O) groups excluding carboxylic acids is 1. The lowest BCUT2D eigenvalue weighted by Crippen LogP contribution is -2.18. The molecule has 1 heterocycles. The molecule has 2 aromatic carbocycles. The maximum atomic E-state index is 12.4. The lowest BCUT2D eigenvalue weighted by molar-refractivity contribution is 0.0955. The van der Waals surface area contributed by atoms with Gasteiger partial charge in [-0.05, 0) is 62.4 Å². The number of amides is 1. The van der Waals surface area contributed by atoms with Gasteiger partial charge in [-0.25, -0.2) is 13.8 Å². The van der Waals surface area contributed by atoms with Gasteiger partial charge >= 0.3 is 0 Å². The molecule has 0 bridgehead atoms. The second kappa shape index (κ2) is 8.10. The summed E-state index contributed by atoms with van der Waals surface area (Å²) < 4.78 is 32.6. The summed E-state index contributed by atoms with van der Waals surface area (Å²) >= 11 is 0. The Balaban J connectivity index is 1.63. The third-order valence-electron chi connectivity index (χ3n) is 3.85. The Morgan fingerprint density at radius 1 is 0.964 bits per heavy atom. The van der Waals surface area contributed by atoms with E-state index in [-0.39, 0.29) is 4.90 Å². The van der Waals surface area contributed by atoms with Crippen LogP contribution in [0.3, 0.4) is 0 Å². The predicted octanol–water partition coefficient (Wildman–Crippen LogP) is 3.46. The SMILES string of the molecule is Cc1ccc(S(=O)(=O)Nc2ccc(C(=O)N/N=C\c3ccc(C)o3)cc2)cc1. The van der Waals surface area contributed by atoms with Gasteiger partial charge in [0.15, 0.2) is 0 Å². The molecule has 0 aliphatic rings. The van der Waals surface area contributed by atoms with Gasteiger partial charge in [-0.3, -0.25) is 9.52 Å². The van der Waals surface area contributed by atoms with E-state index >= 15 is 0 Å². The van der Waals surface area contributed by atoms with Crippen molar-refractivity contribution >= 4 is 27.8 Å². The summed E-state index contributed by atoms with van der Waals surface area (Å²) in [6, 6.07) is 16.1. The molecule has 0 spiro atoms. The molecule has 0 aliphatic carbocycles. The fourth-order valence-corrected chi connectivity index (χ4v) is 3.42. The van der Waals surface area contributed by atoms with E-state index < -0.39 is 15.9 Å². The fourth-order valence-electron chi connectivity index (χ4n) is 2.36. The molecule has 8 heteroatoms. The first kappa shape index (κ1) is 19.4. The topological polar surface area (TPSA) is 101 Å². The molecular weight excluding hydrogens is 378 g/mol. The normalized spacial score (nSPS) is 11.5. The lowest BCUT2D eigenvalue weighted by atomic mass is 10.2. The molecule has 3 aromatic rings. The van der Waals surface area contributed by atoms with E-state index in [2.05, 4.69) is 15.2 Å². The van der Waals surface area contributed by atoms with Gasteiger partial charge in [0.25, 0.3) is 15.9 Å². The summed E-state index contributed by atoms with van der Waals surface area (Å²) in [5, 5.41) is 3.83. The van der Waals surface area contributed by atoms with Crippen molar-refractivity contribution in [2.75, 3.05) is 4.72 Å². The second-order valence-corrected chi connectivity index (χ2v) is 7.83. The molecule has 1 amide bonds. The summed E-state index contributed by atoms with van der Waals surface area (Å²) in [5.74, 6) is 0.850. The summed E-state index contributed by atoms with van der Waals surface area (Å²) in [5.41, 5.74) is 4.05. The largest absolute Gasteiger partial charge is 0.460 e. The van der Waals surface area contributed by atoms with Crippen LogP contribution in [0.25, 0.3) is 0 Å². The Hall–Kier alpha value is -3.39. The van der Waals surface area contributed by atoms with E-state index in [1.54, 1.807) is 24.3 Å². The highest BCUT2D eigenvalue weighted by molar-refractivity contribution is 7.92. The number of hydrogen-bond acceptors (Lipinski definition) is 5. The fraction of sp³-hybridized carbons (Fsp3) is 0.100. The van der Waals surface area contributed by atoms with Gasteiger partial charge in [-0.15, -0.1) is 0 Å². The maximum Gasteiger partial charge on any atom is 0.271 e. The number of nitrogens with one attached hydrogen (secondary N) is 2. The van der Waals surface area contributed by atoms with Crippen LogP contribution < -0.4 is 10.1 Å². The molecular formula is C20H19N3O4S. The maximum absolute atomic E-state index is 12.4. The molecule has 0 radical (unpaired) electrons. The Bertz CT molecular complexity index is 1100. The minimum absolute atomic E-state index is 0.169. The van der Waals surface area contributed by atoms with Crippen LogP contribution in [0.2, 0.25) is 0 Å². The highest BCUT2D eigenvalue weighted by Gasteiger charge is 2.14. The molecule has 0 saturated carbocycles. The number of hydrogen-bond donors (Lipinski definition) is 2. The number of aryl methyl sites for hydroxylation is 2. The quantitative estimate of drug-likeness (QED) is 0.491. The van der Waals surface area contributed by atoms with Crippen molar-refractivity contribution in [1.82, 2.24) is 5.43 Å². The molecule has 0 fully saturated rings. The van der Waals surface area contributed by atoms with Gasteiger partial charge in [0, 0.05) is 11.3 Å². The van der Waals surface area contributed by atoms with E-state index in [9.17, 15) is 13.2 Å². The third kappa shape index (κ3) is 4.86. The molecule has 3 rings (SSSR count). The standard InChI is InChI=1S/C20H19N3O4S/c1-14-3-11-19(12-4-14)28(25,26)23-17-8-6-16(7-9-17)20(24)22-21-13-18-10-5-15(2)27-18/h3-13,23H,1-2H3,(H,22,24)/b21-13-. The van der Waals surface area contributed by atoms with E-state index in [0.717, 1.165) is 11.3 Å². The zero-order valence-corrected chi connectivity index (χ0v) is 16.2.